The summed E-state index contributed by atoms with van der Waals surface area (Å²) in [6, 6.07) is 4.06. The normalized spacial score (nSPS) is 11.2. The van der Waals surface area contributed by atoms with E-state index in [0.29, 0.717) is 4.47 Å². The number of nitrogens with zero attached hydrogens (tertiary/aromatic N) is 2. The van der Waals surface area contributed by atoms with Gasteiger partial charge in [0.1, 0.15) is 12.4 Å². The molecular formula is C8H8BrN3O4. The molecule has 0 unspecified atom stereocenters. The number of hydrogen-bond donors (Lipinski definition) is 2. The van der Waals surface area contributed by atoms with Crippen LogP contribution in [0.15, 0.2) is 27.8 Å². The number of rotatable bonds is 4. The SMILES string of the molecule is N/C(COc1cc([N+](=O)[O-])ccc1Br)=N/O. The van der Waals surface area contributed by atoms with Gasteiger partial charge in [-0.1, -0.05) is 5.16 Å². The van der Waals surface area contributed by atoms with E-state index in [1.165, 1.54) is 18.2 Å². The Balaban J connectivity index is 2.86. The number of amidine groups is 1. The van der Waals surface area contributed by atoms with Gasteiger partial charge in [0.15, 0.2) is 5.84 Å². The van der Waals surface area contributed by atoms with Crippen molar-refractivity contribution in [3.8, 4) is 5.75 Å². The van der Waals surface area contributed by atoms with Crippen molar-refractivity contribution in [3.05, 3.63) is 32.8 Å². The second kappa shape index (κ2) is 5.31. The summed E-state index contributed by atoms with van der Waals surface area (Å²) in [5.74, 6) is 0.124. The number of non-ortho nitro benzene ring substituents is 1. The van der Waals surface area contributed by atoms with Crippen LogP contribution in [-0.2, 0) is 0 Å². The molecule has 7 nitrogen and oxygen atoms in total. The molecular weight excluding hydrogens is 282 g/mol. The molecule has 0 fully saturated rings. The molecule has 8 heteroatoms. The molecule has 0 saturated heterocycles. The summed E-state index contributed by atoms with van der Waals surface area (Å²) >= 11 is 3.16. The molecule has 1 aromatic rings. The number of oxime groups is 1. The Hall–Kier alpha value is -1.83. The third-order valence-electron chi connectivity index (χ3n) is 1.63. The highest BCUT2D eigenvalue weighted by Gasteiger charge is 2.10. The summed E-state index contributed by atoms with van der Waals surface area (Å²) in [5, 5.41) is 21.5. The average molecular weight is 290 g/mol. The lowest BCUT2D eigenvalue weighted by molar-refractivity contribution is -0.384. The van der Waals surface area contributed by atoms with Gasteiger partial charge < -0.3 is 15.7 Å². The van der Waals surface area contributed by atoms with E-state index in [1.54, 1.807) is 0 Å². The molecule has 1 rings (SSSR count). The molecule has 0 spiro atoms. The van der Waals surface area contributed by atoms with Crippen LogP contribution in [0.2, 0.25) is 0 Å². The van der Waals surface area contributed by atoms with Crippen molar-refractivity contribution in [2.45, 2.75) is 0 Å². The standard InChI is InChI=1S/C8H8BrN3O4/c9-6-2-1-5(12(14)15)3-7(6)16-4-8(10)11-13/h1-3,13H,4H2,(H2,10,11). The second-order valence-electron chi connectivity index (χ2n) is 2.75. The molecule has 0 saturated carbocycles. The van der Waals surface area contributed by atoms with Gasteiger partial charge in [-0.05, 0) is 22.0 Å². The van der Waals surface area contributed by atoms with Crippen molar-refractivity contribution < 1.29 is 14.9 Å². The quantitative estimate of drug-likeness (QED) is 0.287. The van der Waals surface area contributed by atoms with Crippen molar-refractivity contribution in [1.29, 1.82) is 0 Å². The van der Waals surface area contributed by atoms with Gasteiger partial charge in [-0.25, -0.2) is 0 Å². The highest BCUT2D eigenvalue weighted by Crippen LogP contribution is 2.29. The third-order valence-corrected chi connectivity index (χ3v) is 2.28. The van der Waals surface area contributed by atoms with Crippen molar-refractivity contribution in [2.24, 2.45) is 10.9 Å². The fourth-order valence-electron chi connectivity index (χ4n) is 0.897. The number of nitro groups is 1. The van der Waals surface area contributed by atoms with Crippen LogP contribution in [0.5, 0.6) is 5.75 Å². The zero-order valence-corrected chi connectivity index (χ0v) is 9.55. The topological polar surface area (TPSA) is 111 Å². The van der Waals surface area contributed by atoms with Gasteiger partial charge in [-0.2, -0.15) is 0 Å². The van der Waals surface area contributed by atoms with Gasteiger partial charge in [0.05, 0.1) is 15.5 Å². The number of benzene rings is 1. The van der Waals surface area contributed by atoms with Crippen LogP contribution in [0.3, 0.4) is 0 Å². The molecule has 0 aliphatic carbocycles. The fraction of sp³-hybridized carbons (Fsp3) is 0.125. The Morgan fingerprint density at radius 3 is 2.94 bits per heavy atom. The van der Waals surface area contributed by atoms with Crippen LogP contribution in [0.4, 0.5) is 5.69 Å². The summed E-state index contributed by atoms with van der Waals surface area (Å²) in [6.07, 6.45) is 0. The minimum atomic E-state index is -0.539. The predicted octanol–water partition coefficient (Wildman–Crippen LogP) is 1.48. The van der Waals surface area contributed by atoms with Crippen LogP contribution < -0.4 is 10.5 Å². The average Bonchev–Trinajstić information content (AvgIpc) is 2.27. The summed E-state index contributed by atoms with van der Waals surface area (Å²) in [6.45, 7) is -0.156. The smallest absolute Gasteiger partial charge is 0.273 e. The molecule has 0 amide bonds. The van der Waals surface area contributed by atoms with Gasteiger partial charge in [-0.3, -0.25) is 10.1 Å². The Kier molecular flexibility index (Phi) is 4.06. The van der Waals surface area contributed by atoms with Crippen LogP contribution in [0.25, 0.3) is 0 Å². The lowest BCUT2D eigenvalue weighted by Crippen LogP contribution is -2.20. The Labute approximate surface area is 98.8 Å². The summed E-state index contributed by atoms with van der Waals surface area (Å²) in [5.41, 5.74) is 5.10. The molecule has 0 bridgehead atoms. The summed E-state index contributed by atoms with van der Waals surface area (Å²) in [4.78, 5) is 9.97. The highest BCUT2D eigenvalue weighted by atomic mass is 79.9. The first kappa shape index (κ1) is 12.2. The number of ether oxygens (including phenoxy) is 1. The van der Waals surface area contributed by atoms with Crippen LogP contribution >= 0.6 is 15.9 Å². The van der Waals surface area contributed by atoms with Crippen LogP contribution in [0, 0.1) is 10.1 Å². The zero-order valence-electron chi connectivity index (χ0n) is 7.96. The molecule has 0 atom stereocenters. The lowest BCUT2D eigenvalue weighted by Gasteiger charge is -2.06. The van der Waals surface area contributed by atoms with Gasteiger partial charge >= 0.3 is 0 Å². The van der Waals surface area contributed by atoms with Crippen molar-refractivity contribution in [1.82, 2.24) is 0 Å². The maximum absolute atomic E-state index is 10.5. The van der Waals surface area contributed by atoms with E-state index in [4.69, 9.17) is 15.7 Å². The monoisotopic (exact) mass is 289 g/mol. The van der Waals surface area contributed by atoms with Gasteiger partial charge in [0, 0.05) is 6.07 Å². The first-order valence-electron chi connectivity index (χ1n) is 4.07. The van der Waals surface area contributed by atoms with E-state index >= 15 is 0 Å². The van der Waals surface area contributed by atoms with Crippen molar-refractivity contribution in [2.75, 3.05) is 6.61 Å². The highest BCUT2D eigenvalue weighted by molar-refractivity contribution is 9.10. The molecule has 16 heavy (non-hydrogen) atoms. The molecule has 1 aromatic carbocycles. The minimum Gasteiger partial charge on any atom is -0.484 e. The Bertz CT molecular complexity index is 435. The van der Waals surface area contributed by atoms with E-state index in [0.717, 1.165) is 0 Å². The lowest BCUT2D eigenvalue weighted by atomic mass is 10.3. The first-order valence-corrected chi connectivity index (χ1v) is 4.87. The number of hydrogen-bond acceptors (Lipinski definition) is 5. The zero-order chi connectivity index (χ0) is 12.1. The maximum atomic E-state index is 10.5. The third kappa shape index (κ3) is 3.09. The predicted molar refractivity (Wildman–Crippen MR) is 59.7 cm³/mol. The number of halogens is 1. The molecule has 0 aliphatic heterocycles. The van der Waals surface area contributed by atoms with Gasteiger partial charge in [0.25, 0.3) is 5.69 Å². The molecule has 0 radical (unpaired) electrons. The molecule has 86 valence electrons. The molecule has 0 heterocycles. The van der Waals surface area contributed by atoms with E-state index in [2.05, 4.69) is 21.1 Å². The fourth-order valence-corrected chi connectivity index (χ4v) is 1.26. The largest absolute Gasteiger partial charge is 0.484 e. The van der Waals surface area contributed by atoms with E-state index in [9.17, 15) is 10.1 Å². The molecule has 0 aliphatic rings. The van der Waals surface area contributed by atoms with E-state index in [1.807, 2.05) is 0 Å². The Morgan fingerprint density at radius 2 is 2.38 bits per heavy atom. The van der Waals surface area contributed by atoms with Crippen LogP contribution in [-0.4, -0.2) is 22.6 Å². The molecule has 0 aromatic heterocycles. The maximum Gasteiger partial charge on any atom is 0.273 e. The first-order chi connectivity index (χ1) is 7.54. The van der Waals surface area contributed by atoms with Gasteiger partial charge in [0.2, 0.25) is 0 Å². The number of nitro benzene ring substituents is 1. The molecule has 3 N–H and O–H groups in total. The second-order valence-corrected chi connectivity index (χ2v) is 3.61. The minimum absolute atomic E-state index is 0.0993. The van der Waals surface area contributed by atoms with E-state index < -0.39 is 4.92 Å². The summed E-state index contributed by atoms with van der Waals surface area (Å²) in [7, 11) is 0. The van der Waals surface area contributed by atoms with Crippen molar-refractivity contribution in [3.63, 3.8) is 0 Å². The Morgan fingerprint density at radius 1 is 1.69 bits per heavy atom. The number of nitrogens with two attached hydrogens (primary N) is 1. The van der Waals surface area contributed by atoms with E-state index in [-0.39, 0.29) is 23.9 Å². The van der Waals surface area contributed by atoms with Crippen LogP contribution in [0.1, 0.15) is 0 Å². The van der Waals surface area contributed by atoms with Crippen molar-refractivity contribution >= 4 is 27.5 Å². The summed E-state index contributed by atoms with van der Waals surface area (Å²) < 4.78 is 5.66. The van der Waals surface area contributed by atoms with Gasteiger partial charge in [-0.15, -0.1) is 0 Å².